The highest BCUT2D eigenvalue weighted by molar-refractivity contribution is 6.68. The van der Waals surface area contributed by atoms with Crippen LogP contribution in [0.1, 0.15) is 13.8 Å². The molecule has 0 spiro atoms. The maximum Gasteiger partial charge on any atom is 0.218 e. The maximum absolute atomic E-state index is 8.99. The Balaban J connectivity index is 0.000000304. The summed E-state index contributed by atoms with van der Waals surface area (Å²) in [5, 5.41) is 17.9. The molecule has 0 aliphatic carbocycles. The van der Waals surface area contributed by atoms with Crippen molar-refractivity contribution < 1.29 is 14.9 Å². The lowest BCUT2D eigenvalue weighted by molar-refractivity contribution is 0.0847. The first kappa shape index (κ1) is 16.6. The molecule has 6 heteroatoms. The molecule has 17 heavy (non-hydrogen) atoms. The van der Waals surface area contributed by atoms with Gasteiger partial charge in [0.05, 0.1) is 7.11 Å². The van der Waals surface area contributed by atoms with Gasteiger partial charge in [0.15, 0.2) is 11.5 Å². The maximum atomic E-state index is 8.99. The van der Waals surface area contributed by atoms with E-state index in [2.05, 4.69) is 0 Å². The molecule has 2 N–H and O–H groups in total. The van der Waals surface area contributed by atoms with Crippen molar-refractivity contribution >= 4 is 34.8 Å². The molecule has 1 aromatic carbocycles. The molecule has 3 nitrogen and oxygen atoms in total. The number of halogens is 3. The topological polar surface area (TPSA) is 49.7 Å². The number of alkyl halides is 3. The number of aliphatic hydroxyl groups is 1. The van der Waals surface area contributed by atoms with E-state index in [0.717, 1.165) is 0 Å². The fourth-order valence-electron chi connectivity index (χ4n) is 0.630. The Kier molecular flexibility index (Phi) is 6.41. The minimum atomic E-state index is -1.59. The van der Waals surface area contributed by atoms with Gasteiger partial charge in [0.25, 0.3) is 0 Å². The summed E-state index contributed by atoms with van der Waals surface area (Å²) in [4.78, 5) is 0. The van der Waals surface area contributed by atoms with E-state index >= 15 is 0 Å². The minimum Gasteiger partial charge on any atom is -0.504 e. The van der Waals surface area contributed by atoms with Crippen molar-refractivity contribution in [2.75, 3.05) is 7.11 Å². The number of hydrogen-bond donors (Lipinski definition) is 2. The molecule has 98 valence electrons. The molecule has 0 fully saturated rings. The monoisotopic (exact) mass is 300 g/mol. The van der Waals surface area contributed by atoms with Gasteiger partial charge in [0.2, 0.25) is 3.79 Å². The third kappa shape index (κ3) is 6.22. The minimum absolute atomic E-state index is 0.181. The first-order valence-electron chi connectivity index (χ1n) is 4.70. The average molecular weight is 302 g/mol. The van der Waals surface area contributed by atoms with Gasteiger partial charge in [-0.2, -0.15) is 0 Å². The molecule has 0 aliphatic rings. The van der Waals surface area contributed by atoms with E-state index in [1.54, 1.807) is 24.3 Å². The van der Waals surface area contributed by atoms with Crippen molar-refractivity contribution in [2.24, 2.45) is 0 Å². The van der Waals surface area contributed by atoms with E-state index < -0.39 is 9.39 Å². The summed E-state index contributed by atoms with van der Waals surface area (Å²) in [6.45, 7) is 2.86. The van der Waals surface area contributed by atoms with Gasteiger partial charge in [-0.3, -0.25) is 0 Å². The van der Waals surface area contributed by atoms with Crippen LogP contribution in [0, 0.1) is 0 Å². The Bertz CT molecular complexity index is 331. The highest BCUT2D eigenvalue weighted by Gasteiger charge is 2.38. The van der Waals surface area contributed by atoms with E-state index in [0.29, 0.717) is 5.75 Å². The molecular formula is C11H15Cl3O3. The Morgan fingerprint density at radius 2 is 1.53 bits per heavy atom. The standard InChI is InChI=1S/C7H8O2.C4H7Cl3O/c1-9-7-5-3-2-4-6(7)8;1-3(2,8)4(5,6)7/h2-5,8H,1H3;8H,1-2H3. The van der Waals surface area contributed by atoms with Gasteiger partial charge in [-0.1, -0.05) is 46.9 Å². The summed E-state index contributed by atoms with van der Waals surface area (Å²) in [5.41, 5.74) is -1.27. The molecule has 0 aromatic heterocycles. The van der Waals surface area contributed by atoms with Crippen molar-refractivity contribution in [3.8, 4) is 11.5 Å². The molecule has 0 saturated carbocycles. The fraction of sp³-hybridized carbons (Fsp3) is 0.455. The van der Waals surface area contributed by atoms with Crippen LogP contribution in [-0.4, -0.2) is 26.7 Å². The number of hydrogen-bond acceptors (Lipinski definition) is 3. The van der Waals surface area contributed by atoms with Crippen LogP contribution in [0.4, 0.5) is 0 Å². The van der Waals surface area contributed by atoms with Crippen LogP contribution >= 0.6 is 34.8 Å². The Hall–Kier alpha value is -0.350. The number of benzene rings is 1. The van der Waals surface area contributed by atoms with Crippen molar-refractivity contribution in [1.82, 2.24) is 0 Å². The highest BCUT2D eigenvalue weighted by Crippen LogP contribution is 2.37. The zero-order chi connectivity index (χ0) is 13.7. The van der Waals surface area contributed by atoms with E-state index in [4.69, 9.17) is 49.8 Å². The number of para-hydroxylation sites is 2. The van der Waals surface area contributed by atoms with Gasteiger partial charge in [-0.05, 0) is 26.0 Å². The summed E-state index contributed by atoms with van der Waals surface area (Å²) < 4.78 is 3.20. The van der Waals surface area contributed by atoms with Gasteiger partial charge in [-0.15, -0.1) is 0 Å². The SMILES string of the molecule is CC(C)(O)C(Cl)(Cl)Cl.COc1ccccc1O. The van der Waals surface area contributed by atoms with E-state index in [1.165, 1.54) is 21.0 Å². The second-order valence-electron chi connectivity index (χ2n) is 3.73. The Morgan fingerprint density at radius 1 is 1.12 bits per heavy atom. The fourth-order valence-corrected chi connectivity index (χ4v) is 0.630. The predicted octanol–water partition coefficient (Wildman–Crippen LogP) is 3.53. The Labute approximate surface area is 116 Å². The third-order valence-electron chi connectivity index (χ3n) is 1.78. The van der Waals surface area contributed by atoms with Crippen LogP contribution in [0.15, 0.2) is 24.3 Å². The third-order valence-corrected chi connectivity index (χ3v) is 3.17. The lowest BCUT2D eigenvalue weighted by atomic mass is 10.2. The van der Waals surface area contributed by atoms with Gasteiger partial charge < -0.3 is 14.9 Å². The zero-order valence-electron chi connectivity index (χ0n) is 9.75. The van der Waals surface area contributed by atoms with Gasteiger partial charge in [0, 0.05) is 0 Å². The number of rotatable bonds is 1. The van der Waals surface area contributed by atoms with Crippen LogP contribution in [0.3, 0.4) is 0 Å². The highest BCUT2D eigenvalue weighted by atomic mass is 35.6. The molecular weight excluding hydrogens is 286 g/mol. The lowest BCUT2D eigenvalue weighted by Gasteiger charge is -2.25. The summed E-state index contributed by atoms with van der Waals surface area (Å²) in [7, 11) is 1.52. The van der Waals surface area contributed by atoms with E-state index in [1.807, 2.05) is 0 Å². The van der Waals surface area contributed by atoms with E-state index in [9.17, 15) is 0 Å². The summed E-state index contributed by atoms with van der Waals surface area (Å²) in [6.07, 6.45) is 0. The first-order valence-corrected chi connectivity index (χ1v) is 5.84. The molecule has 0 unspecified atom stereocenters. The molecule has 0 amide bonds. The van der Waals surface area contributed by atoms with Crippen LogP contribution < -0.4 is 4.74 Å². The first-order chi connectivity index (χ1) is 7.59. The predicted molar refractivity (Wildman–Crippen MR) is 71.2 cm³/mol. The smallest absolute Gasteiger partial charge is 0.218 e. The van der Waals surface area contributed by atoms with Crippen molar-refractivity contribution in [3.05, 3.63) is 24.3 Å². The second-order valence-corrected chi connectivity index (χ2v) is 6.01. The largest absolute Gasteiger partial charge is 0.504 e. The number of methoxy groups -OCH3 is 1. The number of ether oxygens (including phenoxy) is 1. The normalized spacial score (nSPS) is 11.5. The van der Waals surface area contributed by atoms with Gasteiger partial charge >= 0.3 is 0 Å². The zero-order valence-corrected chi connectivity index (χ0v) is 12.0. The molecule has 0 aliphatic heterocycles. The van der Waals surface area contributed by atoms with Crippen LogP contribution in [0.2, 0.25) is 0 Å². The number of phenols is 1. The lowest BCUT2D eigenvalue weighted by Crippen LogP contribution is -2.35. The molecule has 1 rings (SSSR count). The van der Waals surface area contributed by atoms with Crippen molar-refractivity contribution in [2.45, 2.75) is 23.2 Å². The van der Waals surface area contributed by atoms with Crippen molar-refractivity contribution in [1.29, 1.82) is 0 Å². The second kappa shape index (κ2) is 6.55. The summed E-state index contributed by atoms with van der Waals surface area (Å²) >= 11 is 15.9. The molecule has 0 bridgehead atoms. The van der Waals surface area contributed by atoms with Crippen LogP contribution in [0.5, 0.6) is 11.5 Å². The van der Waals surface area contributed by atoms with Crippen molar-refractivity contribution in [3.63, 3.8) is 0 Å². The summed E-state index contributed by atoms with van der Waals surface area (Å²) in [5.74, 6) is 0.692. The van der Waals surface area contributed by atoms with Gasteiger partial charge in [0.1, 0.15) is 5.60 Å². The van der Waals surface area contributed by atoms with E-state index in [-0.39, 0.29) is 5.75 Å². The summed E-state index contributed by atoms with van der Waals surface area (Å²) in [6, 6.07) is 6.84. The van der Waals surface area contributed by atoms with Crippen LogP contribution in [-0.2, 0) is 0 Å². The number of phenolic OH excluding ortho intramolecular Hbond substituents is 1. The molecule has 0 radical (unpaired) electrons. The number of aromatic hydroxyl groups is 1. The Morgan fingerprint density at radius 3 is 1.76 bits per heavy atom. The van der Waals surface area contributed by atoms with Gasteiger partial charge in [-0.25, -0.2) is 0 Å². The quantitative estimate of drug-likeness (QED) is 0.780. The molecule has 0 atom stereocenters. The van der Waals surface area contributed by atoms with Crippen LogP contribution in [0.25, 0.3) is 0 Å². The molecule has 1 aromatic rings. The molecule has 0 saturated heterocycles. The molecule has 0 heterocycles. The average Bonchev–Trinajstić information content (AvgIpc) is 2.16.